The van der Waals surface area contributed by atoms with Gasteiger partial charge in [0.15, 0.2) is 11.0 Å². The van der Waals surface area contributed by atoms with Crippen molar-refractivity contribution >= 4 is 16.9 Å². The standard InChI is InChI=1S/C23H18F12N2O2S/c24-19(25,26)14-9-7-13(8-10-14)17(15-5-1-2-6-16(15)18(38)37-11-3-4-12-37)36-40(39)23(34,35)21(29,30)20(27,28)22(31,32)33/h1-2,5-10,17,36H,3-4,11-12H2. The van der Waals surface area contributed by atoms with Crippen LogP contribution >= 0.6 is 0 Å². The lowest BCUT2D eigenvalue weighted by molar-refractivity contribution is -0.381. The van der Waals surface area contributed by atoms with Gasteiger partial charge in [0.05, 0.1) is 11.6 Å². The normalized spacial score (nSPS) is 17.1. The van der Waals surface area contributed by atoms with Crippen molar-refractivity contribution in [2.24, 2.45) is 0 Å². The fraction of sp³-hybridized carbons (Fsp3) is 0.435. The first-order valence-corrected chi connectivity index (χ1v) is 12.3. The molecule has 1 fully saturated rings. The largest absolute Gasteiger partial charge is 0.460 e. The van der Waals surface area contributed by atoms with Crippen molar-refractivity contribution < 1.29 is 61.7 Å². The zero-order valence-electron chi connectivity index (χ0n) is 19.7. The Hall–Kier alpha value is -2.82. The molecular formula is C23H18F12N2O2S. The lowest BCUT2D eigenvalue weighted by atomic mass is 9.94. The summed E-state index contributed by atoms with van der Waals surface area (Å²) in [5.41, 5.74) is -2.42. The number of nitrogens with one attached hydrogen (secondary N) is 1. The minimum absolute atomic E-state index is 0.258. The molecule has 1 saturated heterocycles. The van der Waals surface area contributed by atoms with Crippen LogP contribution in [0.5, 0.6) is 0 Å². The molecule has 0 aromatic heterocycles. The average Bonchev–Trinajstić information content (AvgIpc) is 3.40. The van der Waals surface area contributed by atoms with Gasteiger partial charge in [-0.15, -0.1) is 0 Å². The first kappa shape index (κ1) is 31.7. The van der Waals surface area contributed by atoms with Crippen molar-refractivity contribution in [2.45, 2.75) is 48.3 Å². The molecule has 1 N–H and O–H groups in total. The van der Waals surface area contributed by atoms with E-state index in [9.17, 15) is 61.7 Å². The molecule has 2 aromatic carbocycles. The average molecular weight is 614 g/mol. The number of carbonyl (C=O) groups excluding carboxylic acids is 1. The summed E-state index contributed by atoms with van der Waals surface area (Å²) < 4.78 is 174. The minimum Gasteiger partial charge on any atom is -0.339 e. The van der Waals surface area contributed by atoms with Gasteiger partial charge in [-0.05, 0) is 42.2 Å². The molecule has 1 aliphatic heterocycles. The van der Waals surface area contributed by atoms with Crippen LogP contribution in [0, 0.1) is 0 Å². The van der Waals surface area contributed by atoms with E-state index in [0.717, 1.165) is 12.1 Å². The maximum absolute atomic E-state index is 14.4. The molecule has 0 saturated carbocycles. The molecule has 1 aliphatic rings. The zero-order valence-corrected chi connectivity index (χ0v) is 20.5. The van der Waals surface area contributed by atoms with Crippen LogP contribution < -0.4 is 4.72 Å². The van der Waals surface area contributed by atoms with Crippen LogP contribution in [0.2, 0.25) is 0 Å². The molecule has 2 atom stereocenters. The number of carbonyl (C=O) groups is 1. The lowest BCUT2D eigenvalue weighted by Gasteiger charge is -2.34. The Kier molecular flexibility index (Phi) is 8.62. The second kappa shape index (κ2) is 10.9. The maximum atomic E-state index is 14.4. The van der Waals surface area contributed by atoms with Crippen LogP contribution in [-0.2, 0) is 17.2 Å². The summed E-state index contributed by atoms with van der Waals surface area (Å²) in [5, 5.41) is -6.57. The second-order valence-corrected chi connectivity index (χ2v) is 9.98. The Morgan fingerprint density at radius 2 is 1.30 bits per heavy atom. The zero-order chi connectivity index (χ0) is 30.3. The Balaban J connectivity index is 2.11. The van der Waals surface area contributed by atoms with Gasteiger partial charge in [0.25, 0.3) is 5.91 Å². The van der Waals surface area contributed by atoms with Crippen molar-refractivity contribution in [3.63, 3.8) is 0 Å². The number of alkyl halides is 12. The van der Waals surface area contributed by atoms with Crippen LogP contribution in [0.1, 0.15) is 45.9 Å². The van der Waals surface area contributed by atoms with Gasteiger partial charge in [0, 0.05) is 18.7 Å². The molecule has 0 spiro atoms. The Morgan fingerprint density at radius 1 is 0.775 bits per heavy atom. The molecule has 2 aromatic rings. The molecule has 0 radical (unpaired) electrons. The summed E-state index contributed by atoms with van der Waals surface area (Å²) in [7, 11) is -4.72. The molecule has 0 aliphatic carbocycles. The summed E-state index contributed by atoms with van der Waals surface area (Å²) in [4.78, 5) is 14.4. The highest BCUT2D eigenvalue weighted by Gasteiger charge is 2.83. The summed E-state index contributed by atoms with van der Waals surface area (Å²) in [5.74, 6) is -15.3. The number of hydrogen-bond acceptors (Lipinski definition) is 2. The van der Waals surface area contributed by atoms with E-state index in [1.54, 1.807) is 0 Å². The Morgan fingerprint density at radius 3 is 1.80 bits per heavy atom. The van der Waals surface area contributed by atoms with Gasteiger partial charge in [-0.1, -0.05) is 30.3 Å². The van der Waals surface area contributed by atoms with Gasteiger partial charge in [-0.3, -0.25) is 4.79 Å². The van der Waals surface area contributed by atoms with Crippen molar-refractivity contribution in [1.82, 2.24) is 9.62 Å². The number of rotatable bonds is 8. The van der Waals surface area contributed by atoms with E-state index in [-0.39, 0.29) is 18.7 Å². The molecule has 2 unspecified atom stereocenters. The lowest BCUT2D eigenvalue weighted by Crippen LogP contribution is -2.63. The molecule has 1 amide bonds. The maximum Gasteiger partial charge on any atom is 0.460 e. The van der Waals surface area contributed by atoms with Gasteiger partial charge >= 0.3 is 29.5 Å². The van der Waals surface area contributed by atoms with Crippen LogP contribution in [0.4, 0.5) is 52.7 Å². The predicted molar refractivity (Wildman–Crippen MR) is 117 cm³/mol. The molecule has 40 heavy (non-hydrogen) atoms. The smallest absolute Gasteiger partial charge is 0.339 e. The SMILES string of the molecule is O=C(c1ccccc1C(NS(=O)C(F)(F)C(F)(F)C(F)(F)C(F)(F)F)c1ccc(C(F)(F)F)cc1)N1CCCC1. The molecule has 1 heterocycles. The molecular weight excluding hydrogens is 596 g/mol. The van der Waals surface area contributed by atoms with Gasteiger partial charge < -0.3 is 4.90 Å². The number of hydrogen-bond donors (Lipinski definition) is 1. The van der Waals surface area contributed by atoms with Crippen molar-refractivity contribution in [3.05, 3.63) is 70.8 Å². The van der Waals surface area contributed by atoms with E-state index in [1.807, 2.05) is 0 Å². The van der Waals surface area contributed by atoms with Crippen LogP contribution in [0.3, 0.4) is 0 Å². The summed E-state index contributed by atoms with van der Waals surface area (Å²) in [6, 6.07) is 4.73. The minimum atomic E-state index is -7.33. The highest BCUT2D eigenvalue weighted by Crippen LogP contribution is 2.54. The van der Waals surface area contributed by atoms with Crippen LogP contribution in [0.25, 0.3) is 0 Å². The first-order chi connectivity index (χ1) is 18.2. The third-order valence-electron chi connectivity index (χ3n) is 6.04. The van der Waals surface area contributed by atoms with Crippen molar-refractivity contribution in [1.29, 1.82) is 0 Å². The number of nitrogens with zero attached hydrogens (tertiary/aromatic N) is 1. The van der Waals surface area contributed by atoms with Gasteiger partial charge in [-0.25, -0.2) is 8.93 Å². The molecule has 222 valence electrons. The first-order valence-electron chi connectivity index (χ1n) is 11.2. The van der Waals surface area contributed by atoms with Crippen molar-refractivity contribution in [2.75, 3.05) is 13.1 Å². The number of benzene rings is 2. The van der Waals surface area contributed by atoms with E-state index in [0.29, 0.717) is 37.1 Å². The molecule has 3 rings (SSSR count). The monoisotopic (exact) mass is 614 g/mol. The number of amides is 1. The topological polar surface area (TPSA) is 49.4 Å². The van der Waals surface area contributed by atoms with E-state index in [1.165, 1.54) is 21.8 Å². The van der Waals surface area contributed by atoms with Crippen LogP contribution in [-0.4, -0.2) is 51.4 Å². The van der Waals surface area contributed by atoms with E-state index in [4.69, 9.17) is 0 Å². The van der Waals surface area contributed by atoms with Gasteiger partial charge in [0.1, 0.15) is 0 Å². The van der Waals surface area contributed by atoms with E-state index < -0.39 is 69.1 Å². The van der Waals surface area contributed by atoms with Gasteiger partial charge in [0.2, 0.25) is 0 Å². The summed E-state index contributed by atoms with van der Waals surface area (Å²) in [6.45, 7) is 0.516. The highest BCUT2D eigenvalue weighted by molar-refractivity contribution is 7.84. The van der Waals surface area contributed by atoms with E-state index in [2.05, 4.69) is 0 Å². The fourth-order valence-electron chi connectivity index (χ4n) is 3.87. The van der Waals surface area contributed by atoms with Crippen molar-refractivity contribution in [3.8, 4) is 0 Å². The Bertz CT molecular complexity index is 1240. The summed E-state index contributed by atoms with van der Waals surface area (Å²) in [6.07, 6.45) is -10.9. The predicted octanol–water partition coefficient (Wildman–Crippen LogP) is 6.71. The van der Waals surface area contributed by atoms with E-state index >= 15 is 0 Å². The quantitative estimate of drug-likeness (QED) is 0.336. The fourth-order valence-corrected chi connectivity index (χ4v) is 4.85. The summed E-state index contributed by atoms with van der Waals surface area (Å²) >= 11 is 0. The number of likely N-dealkylation sites (tertiary alicyclic amines) is 1. The van der Waals surface area contributed by atoms with Crippen LogP contribution in [0.15, 0.2) is 48.5 Å². The van der Waals surface area contributed by atoms with Gasteiger partial charge in [-0.2, -0.15) is 52.7 Å². The Labute approximate surface area is 220 Å². The third kappa shape index (κ3) is 5.80. The second-order valence-electron chi connectivity index (χ2n) is 8.69. The highest BCUT2D eigenvalue weighted by atomic mass is 32.2. The third-order valence-corrected chi connectivity index (χ3v) is 7.21. The molecule has 0 bridgehead atoms. The molecule has 17 heteroatoms. The number of halogens is 12. The molecule has 4 nitrogen and oxygen atoms in total.